The highest BCUT2D eigenvalue weighted by Gasteiger charge is 2.31. The summed E-state index contributed by atoms with van der Waals surface area (Å²) in [5.41, 5.74) is 0. The molecule has 2 heterocycles. The number of morpholine rings is 2. The zero-order valence-corrected chi connectivity index (χ0v) is 13.3. The monoisotopic (exact) mass is 321 g/mol. The van der Waals surface area contributed by atoms with Crippen molar-refractivity contribution in [2.45, 2.75) is 32.0 Å². The predicted molar refractivity (Wildman–Crippen MR) is 79.5 cm³/mol. The molecule has 0 aromatic rings. The van der Waals surface area contributed by atoms with Crippen molar-refractivity contribution in [3.63, 3.8) is 0 Å². The summed E-state index contributed by atoms with van der Waals surface area (Å²) in [7, 11) is 0. The number of nitrogens with one attached hydrogen (secondary N) is 2. The van der Waals surface area contributed by atoms with Crippen LogP contribution in [0.25, 0.3) is 0 Å². The van der Waals surface area contributed by atoms with Crippen molar-refractivity contribution in [1.82, 2.24) is 15.5 Å². The zero-order chi connectivity index (χ0) is 14.5. The quantitative estimate of drug-likeness (QED) is 0.708. The van der Waals surface area contributed by atoms with E-state index < -0.39 is 12.1 Å². The van der Waals surface area contributed by atoms with Gasteiger partial charge in [0.1, 0.15) is 12.1 Å². The van der Waals surface area contributed by atoms with E-state index in [1.54, 1.807) is 11.8 Å². The minimum Gasteiger partial charge on any atom is -0.378 e. The topological polar surface area (TPSA) is 79.9 Å². The number of hydrogen-bond donors (Lipinski definition) is 2. The average molecular weight is 322 g/mol. The summed E-state index contributed by atoms with van der Waals surface area (Å²) < 4.78 is 10.6. The maximum absolute atomic E-state index is 12.2. The summed E-state index contributed by atoms with van der Waals surface area (Å²) >= 11 is 0. The molecule has 0 aromatic heterocycles. The van der Waals surface area contributed by atoms with Crippen LogP contribution in [0.5, 0.6) is 0 Å². The van der Waals surface area contributed by atoms with Crippen LogP contribution in [0.4, 0.5) is 0 Å². The minimum absolute atomic E-state index is 0. The third-order valence-electron chi connectivity index (χ3n) is 3.65. The Labute approximate surface area is 131 Å². The highest BCUT2D eigenvalue weighted by atomic mass is 35.5. The van der Waals surface area contributed by atoms with Crippen LogP contribution in [0.15, 0.2) is 0 Å². The molecule has 122 valence electrons. The second-order valence-electron chi connectivity index (χ2n) is 5.18. The van der Waals surface area contributed by atoms with Crippen LogP contribution in [0.2, 0.25) is 0 Å². The van der Waals surface area contributed by atoms with Crippen molar-refractivity contribution in [1.29, 1.82) is 0 Å². The fourth-order valence-electron chi connectivity index (χ4n) is 2.45. The maximum Gasteiger partial charge on any atom is 0.245 e. The number of carbonyl (C=O) groups is 2. The SMILES string of the molecule is CC(NC(=O)[C@H]1NCCO[C@@H]1C)C(=O)N1CCOCC1.Cl. The van der Waals surface area contributed by atoms with E-state index in [1.807, 2.05) is 6.92 Å². The van der Waals surface area contributed by atoms with Gasteiger partial charge in [0, 0.05) is 19.6 Å². The summed E-state index contributed by atoms with van der Waals surface area (Å²) in [6.45, 7) is 7.10. The Morgan fingerprint density at radius 2 is 1.95 bits per heavy atom. The largest absolute Gasteiger partial charge is 0.378 e. The van der Waals surface area contributed by atoms with Crippen LogP contribution in [0.1, 0.15) is 13.8 Å². The molecule has 7 nitrogen and oxygen atoms in total. The van der Waals surface area contributed by atoms with Crippen LogP contribution in [0.3, 0.4) is 0 Å². The molecule has 0 radical (unpaired) electrons. The van der Waals surface area contributed by atoms with Crippen LogP contribution in [-0.2, 0) is 19.1 Å². The Morgan fingerprint density at radius 1 is 1.29 bits per heavy atom. The van der Waals surface area contributed by atoms with E-state index in [1.165, 1.54) is 0 Å². The fourth-order valence-corrected chi connectivity index (χ4v) is 2.45. The van der Waals surface area contributed by atoms with Crippen molar-refractivity contribution in [2.24, 2.45) is 0 Å². The Hall–Kier alpha value is -0.890. The first kappa shape index (κ1) is 18.2. The number of hydrogen-bond acceptors (Lipinski definition) is 5. The first-order valence-corrected chi connectivity index (χ1v) is 7.11. The lowest BCUT2D eigenvalue weighted by molar-refractivity contribution is -0.141. The van der Waals surface area contributed by atoms with Crippen molar-refractivity contribution in [3.05, 3.63) is 0 Å². The van der Waals surface area contributed by atoms with Gasteiger partial charge < -0.3 is 25.0 Å². The minimum atomic E-state index is -0.531. The lowest BCUT2D eigenvalue weighted by atomic mass is 10.1. The molecule has 0 aliphatic carbocycles. The third-order valence-corrected chi connectivity index (χ3v) is 3.65. The number of nitrogens with zero attached hydrogens (tertiary/aromatic N) is 1. The summed E-state index contributed by atoms with van der Waals surface area (Å²) in [5, 5.41) is 5.87. The van der Waals surface area contributed by atoms with Crippen molar-refractivity contribution >= 4 is 24.2 Å². The number of amides is 2. The summed E-state index contributed by atoms with van der Waals surface area (Å²) in [6.07, 6.45) is -0.186. The predicted octanol–water partition coefficient (Wildman–Crippen LogP) is -0.851. The first-order chi connectivity index (χ1) is 9.59. The molecule has 0 saturated carbocycles. The van der Waals surface area contributed by atoms with E-state index in [9.17, 15) is 9.59 Å². The van der Waals surface area contributed by atoms with Gasteiger partial charge in [0.25, 0.3) is 0 Å². The van der Waals surface area contributed by atoms with E-state index in [-0.39, 0.29) is 30.3 Å². The molecule has 21 heavy (non-hydrogen) atoms. The van der Waals surface area contributed by atoms with Crippen LogP contribution < -0.4 is 10.6 Å². The van der Waals surface area contributed by atoms with E-state index in [0.29, 0.717) is 39.5 Å². The Kier molecular flexibility index (Phi) is 7.37. The molecular formula is C13H24ClN3O4. The number of rotatable bonds is 3. The van der Waals surface area contributed by atoms with Gasteiger partial charge in [-0.2, -0.15) is 0 Å². The zero-order valence-electron chi connectivity index (χ0n) is 12.5. The first-order valence-electron chi connectivity index (χ1n) is 7.11. The van der Waals surface area contributed by atoms with Gasteiger partial charge in [0.05, 0.1) is 25.9 Å². The molecular weight excluding hydrogens is 298 g/mol. The Bertz CT molecular complexity index is 363. The smallest absolute Gasteiger partial charge is 0.245 e. The number of ether oxygens (including phenoxy) is 2. The molecule has 2 aliphatic rings. The molecule has 0 spiro atoms. The molecule has 1 unspecified atom stereocenters. The molecule has 2 N–H and O–H groups in total. The molecule has 2 rings (SSSR count). The molecule has 2 amide bonds. The van der Waals surface area contributed by atoms with Gasteiger partial charge in [0.15, 0.2) is 0 Å². The molecule has 2 saturated heterocycles. The molecule has 3 atom stereocenters. The van der Waals surface area contributed by atoms with Gasteiger partial charge in [0.2, 0.25) is 11.8 Å². The van der Waals surface area contributed by atoms with Crippen LogP contribution >= 0.6 is 12.4 Å². The molecule has 0 aromatic carbocycles. The van der Waals surface area contributed by atoms with E-state index in [2.05, 4.69) is 10.6 Å². The van der Waals surface area contributed by atoms with Crippen LogP contribution in [0, 0.1) is 0 Å². The standard InChI is InChI=1S/C13H23N3O4.ClH/c1-9(13(18)16-4-7-19-8-5-16)15-12(17)11-10(2)20-6-3-14-11;/h9-11,14H,3-8H2,1-2H3,(H,15,17);1H/t9?,10-,11+;/m1./s1. The molecule has 8 heteroatoms. The van der Waals surface area contributed by atoms with E-state index in [4.69, 9.17) is 9.47 Å². The summed E-state index contributed by atoms with van der Waals surface area (Å²) in [6, 6.07) is -0.930. The lowest BCUT2D eigenvalue weighted by Crippen LogP contribution is -2.59. The van der Waals surface area contributed by atoms with Gasteiger partial charge in [-0.15, -0.1) is 12.4 Å². The van der Waals surface area contributed by atoms with Crippen molar-refractivity contribution in [2.75, 3.05) is 39.5 Å². The van der Waals surface area contributed by atoms with Crippen molar-refractivity contribution in [3.8, 4) is 0 Å². The Morgan fingerprint density at radius 3 is 2.57 bits per heavy atom. The lowest BCUT2D eigenvalue weighted by Gasteiger charge is -2.32. The molecule has 2 aliphatic heterocycles. The second kappa shape index (κ2) is 8.53. The molecule has 0 bridgehead atoms. The van der Waals surface area contributed by atoms with Gasteiger partial charge in [-0.05, 0) is 13.8 Å². The highest BCUT2D eigenvalue weighted by molar-refractivity contribution is 5.89. The van der Waals surface area contributed by atoms with Crippen molar-refractivity contribution < 1.29 is 19.1 Å². The van der Waals surface area contributed by atoms with Gasteiger partial charge in [-0.25, -0.2) is 0 Å². The fraction of sp³-hybridized carbons (Fsp3) is 0.846. The molecule has 2 fully saturated rings. The number of carbonyl (C=O) groups excluding carboxylic acids is 2. The van der Waals surface area contributed by atoms with Gasteiger partial charge in [-0.1, -0.05) is 0 Å². The third kappa shape index (κ3) is 4.81. The van der Waals surface area contributed by atoms with E-state index >= 15 is 0 Å². The van der Waals surface area contributed by atoms with Gasteiger partial charge >= 0.3 is 0 Å². The average Bonchev–Trinajstić information content (AvgIpc) is 2.47. The van der Waals surface area contributed by atoms with Crippen LogP contribution in [-0.4, -0.2) is 74.4 Å². The Balaban J connectivity index is 0.00000220. The normalized spacial score (nSPS) is 27.4. The summed E-state index contributed by atoms with van der Waals surface area (Å²) in [4.78, 5) is 26.1. The van der Waals surface area contributed by atoms with Gasteiger partial charge in [-0.3, -0.25) is 9.59 Å². The number of halogens is 1. The van der Waals surface area contributed by atoms with E-state index in [0.717, 1.165) is 0 Å². The second-order valence-corrected chi connectivity index (χ2v) is 5.18. The highest BCUT2D eigenvalue weighted by Crippen LogP contribution is 2.05. The summed E-state index contributed by atoms with van der Waals surface area (Å²) in [5.74, 6) is -0.252. The maximum atomic E-state index is 12.2.